The van der Waals surface area contributed by atoms with Gasteiger partial charge in [-0.05, 0) is 18.9 Å². The number of aromatic amines is 2. The van der Waals surface area contributed by atoms with Gasteiger partial charge in [-0.25, -0.2) is 15.1 Å². The molecule has 0 unspecified atom stereocenters. The number of hydrogen-bond acceptors (Lipinski definition) is 8. The predicted octanol–water partition coefficient (Wildman–Crippen LogP) is 0.738. The number of rotatable bonds is 0. The van der Waals surface area contributed by atoms with E-state index in [0.29, 0.717) is 17.0 Å². The number of fused-ring (bicyclic) bond motifs is 1. The van der Waals surface area contributed by atoms with E-state index in [0.717, 1.165) is 30.2 Å². The van der Waals surface area contributed by atoms with E-state index in [2.05, 4.69) is 40.9 Å². The summed E-state index contributed by atoms with van der Waals surface area (Å²) in [4.78, 5) is 19.9. The largest absolute Gasteiger partial charge is 0.481 e. The lowest BCUT2D eigenvalue weighted by atomic mass is 10.3. The van der Waals surface area contributed by atoms with Crippen LogP contribution in [0.5, 0.6) is 0 Å². The number of carboxylic acids is 1. The maximum Gasteiger partial charge on any atom is 0.318 e. The molecular formula is C14H21N11O2. The fourth-order valence-electron chi connectivity index (χ4n) is 1.48. The van der Waals surface area contributed by atoms with Crippen molar-refractivity contribution >= 4 is 40.7 Å². The number of aryl methyl sites for hydroxylation is 2. The highest BCUT2D eigenvalue weighted by molar-refractivity contribution is 5.85. The first-order chi connectivity index (χ1) is 12.7. The van der Waals surface area contributed by atoms with Gasteiger partial charge in [0.2, 0.25) is 0 Å². The molecule has 0 aromatic carbocycles. The lowest BCUT2D eigenvalue weighted by Gasteiger charge is -1.90. The van der Waals surface area contributed by atoms with Crippen LogP contribution in [0.3, 0.4) is 0 Å². The van der Waals surface area contributed by atoms with Gasteiger partial charge in [0, 0.05) is 6.92 Å². The van der Waals surface area contributed by atoms with Crippen molar-refractivity contribution in [2.24, 2.45) is 5.73 Å². The monoisotopic (exact) mass is 375 g/mol. The minimum Gasteiger partial charge on any atom is -0.481 e. The van der Waals surface area contributed by atoms with Crippen LogP contribution in [0.4, 0.5) is 17.3 Å². The quantitative estimate of drug-likeness (QED) is 0.167. The van der Waals surface area contributed by atoms with Crippen molar-refractivity contribution in [2.75, 3.05) is 11.5 Å². The Hall–Kier alpha value is -4.21. The number of nitrogens with one attached hydrogen (secondary N) is 3. The van der Waals surface area contributed by atoms with E-state index < -0.39 is 5.97 Å². The van der Waals surface area contributed by atoms with Gasteiger partial charge in [0.1, 0.15) is 11.8 Å². The van der Waals surface area contributed by atoms with Crippen molar-refractivity contribution in [3.05, 3.63) is 29.1 Å². The number of carboxylic acid groups (broad SMARTS) is 1. The standard InChI is InChI=1S/C6H7N5.C5H6N4.C2H4O2.CH4N2/c1-3-4-5(11-10-3)6(7)9-2-8-4;1-3-4(6)5(7-2)9-8-3;1-2(3)4;2-1-3/h2H,1H3,(H,10,11)(H2,7,8,9);6H2,1H3,(H,8,9);1H3,(H,3,4);1H,(H3,2,3). The van der Waals surface area contributed by atoms with Gasteiger partial charge in [0.05, 0.1) is 23.4 Å². The molecule has 27 heavy (non-hydrogen) atoms. The zero-order valence-electron chi connectivity index (χ0n) is 15.0. The van der Waals surface area contributed by atoms with Crippen LogP contribution in [0.1, 0.15) is 18.3 Å². The minimum atomic E-state index is -0.833. The highest BCUT2D eigenvalue weighted by Gasteiger charge is 2.05. The fourth-order valence-corrected chi connectivity index (χ4v) is 1.48. The molecule has 0 bridgehead atoms. The van der Waals surface area contributed by atoms with Crippen LogP contribution < -0.4 is 17.2 Å². The molecule has 0 spiro atoms. The average molecular weight is 375 g/mol. The Morgan fingerprint density at radius 1 is 1.22 bits per heavy atom. The SMILES string of the molecule is CC(=O)O.Cc1[nH]nc2c(N)ncnc12.N=CN.[C-]#[N+]c1n[nH]c(C)c1N. The Morgan fingerprint density at radius 3 is 2.11 bits per heavy atom. The summed E-state index contributed by atoms with van der Waals surface area (Å²) in [7, 11) is 0. The van der Waals surface area contributed by atoms with E-state index in [9.17, 15) is 0 Å². The summed E-state index contributed by atoms with van der Waals surface area (Å²) < 4.78 is 0. The van der Waals surface area contributed by atoms with Crippen LogP contribution in [-0.2, 0) is 4.79 Å². The van der Waals surface area contributed by atoms with Crippen LogP contribution >= 0.6 is 0 Å². The Morgan fingerprint density at radius 2 is 1.74 bits per heavy atom. The topological polar surface area (TPSA) is 227 Å². The van der Waals surface area contributed by atoms with Crippen LogP contribution in [0.25, 0.3) is 15.9 Å². The third-order valence-electron chi connectivity index (χ3n) is 2.62. The number of H-pyrrole nitrogens is 2. The van der Waals surface area contributed by atoms with Gasteiger partial charge in [0.25, 0.3) is 5.97 Å². The number of aliphatic carboxylic acids is 1. The van der Waals surface area contributed by atoms with Crippen molar-refractivity contribution in [1.29, 1.82) is 5.41 Å². The number of nitrogens with zero attached hydrogens (tertiary/aromatic N) is 5. The number of nitrogens with two attached hydrogens (primary N) is 3. The second-order valence-electron chi connectivity index (χ2n) is 4.69. The summed E-state index contributed by atoms with van der Waals surface area (Å²) in [6.07, 6.45) is 2.18. The van der Waals surface area contributed by atoms with Crippen molar-refractivity contribution in [2.45, 2.75) is 20.8 Å². The molecule has 13 nitrogen and oxygen atoms in total. The lowest BCUT2D eigenvalue weighted by molar-refractivity contribution is -0.134. The van der Waals surface area contributed by atoms with Gasteiger partial charge in [-0.1, -0.05) is 6.57 Å². The predicted molar refractivity (Wildman–Crippen MR) is 101 cm³/mol. The van der Waals surface area contributed by atoms with Gasteiger partial charge in [-0.15, -0.1) is 0 Å². The zero-order chi connectivity index (χ0) is 21.0. The maximum atomic E-state index is 9.00. The Bertz CT molecular complexity index is 919. The number of carbonyl (C=O) groups is 1. The second-order valence-corrected chi connectivity index (χ2v) is 4.69. The summed E-state index contributed by atoms with van der Waals surface area (Å²) >= 11 is 0. The van der Waals surface area contributed by atoms with E-state index in [4.69, 9.17) is 33.3 Å². The van der Waals surface area contributed by atoms with E-state index in [1.807, 2.05) is 6.92 Å². The molecule has 0 saturated carbocycles. The summed E-state index contributed by atoms with van der Waals surface area (Å²) in [5, 5.41) is 26.2. The molecule has 0 aliphatic carbocycles. The first-order valence-corrected chi connectivity index (χ1v) is 7.18. The van der Waals surface area contributed by atoms with Gasteiger partial charge in [0.15, 0.2) is 11.3 Å². The first-order valence-electron chi connectivity index (χ1n) is 7.18. The smallest absolute Gasteiger partial charge is 0.318 e. The summed E-state index contributed by atoms with van der Waals surface area (Å²) in [5.74, 6) is -0.160. The molecule has 3 aromatic heterocycles. The summed E-state index contributed by atoms with van der Waals surface area (Å²) in [6, 6.07) is 0. The molecule has 0 fully saturated rings. The Kier molecular flexibility index (Phi) is 9.59. The lowest BCUT2D eigenvalue weighted by Crippen LogP contribution is -1.91. The normalized spacial score (nSPS) is 8.67. The number of hydrogen-bond donors (Lipinski definition) is 7. The molecule has 0 saturated heterocycles. The van der Waals surface area contributed by atoms with Gasteiger partial charge < -0.3 is 27.2 Å². The van der Waals surface area contributed by atoms with E-state index in [1.54, 1.807) is 6.92 Å². The van der Waals surface area contributed by atoms with Crippen molar-refractivity contribution < 1.29 is 9.90 Å². The minimum absolute atomic E-state index is 0.257. The molecule has 0 atom stereocenters. The number of anilines is 2. The molecule has 144 valence electrons. The van der Waals surface area contributed by atoms with Crippen molar-refractivity contribution in [3.63, 3.8) is 0 Å². The van der Waals surface area contributed by atoms with Gasteiger partial charge in [-0.3, -0.25) is 15.3 Å². The molecule has 10 N–H and O–H groups in total. The second kappa shape index (κ2) is 11.4. The molecule has 3 rings (SSSR count). The average Bonchev–Trinajstić information content (AvgIpc) is 3.13. The fraction of sp³-hybridized carbons (Fsp3) is 0.214. The highest BCUT2D eigenvalue weighted by Crippen LogP contribution is 2.20. The third kappa shape index (κ3) is 7.47. The molecule has 0 aliphatic rings. The highest BCUT2D eigenvalue weighted by atomic mass is 16.4. The summed E-state index contributed by atoms with van der Waals surface area (Å²) in [5.41, 5.74) is 18.9. The van der Waals surface area contributed by atoms with Gasteiger partial charge in [-0.2, -0.15) is 5.10 Å². The van der Waals surface area contributed by atoms with Crippen molar-refractivity contribution in [1.82, 2.24) is 30.4 Å². The molecule has 3 aromatic rings. The Balaban J connectivity index is 0.000000381. The van der Waals surface area contributed by atoms with Crippen LogP contribution in [0, 0.1) is 25.8 Å². The number of nitrogen functional groups attached to an aromatic ring is 2. The summed E-state index contributed by atoms with van der Waals surface area (Å²) in [6.45, 7) is 11.3. The van der Waals surface area contributed by atoms with E-state index in [1.165, 1.54) is 6.33 Å². The Labute approximate surface area is 154 Å². The van der Waals surface area contributed by atoms with Gasteiger partial charge >= 0.3 is 5.82 Å². The van der Waals surface area contributed by atoms with Crippen LogP contribution in [0.2, 0.25) is 0 Å². The van der Waals surface area contributed by atoms with E-state index >= 15 is 0 Å². The molecular weight excluding hydrogens is 354 g/mol. The first kappa shape index (κ1) is 22.8. The molecule has 0 aliphatic heterocycles. The third-order valence-corrected chi connectivity index (χ3v) is 2.62. The molecule has 0 radical (unpaired) electrons. The molecule has 0 amide bonds. The van der Waals surface area contributed by atoms with E-state index in [-0.39, 0.29) is 5.82 Å². The van der Waals surface area contributed by atoms with Crippen LogP contribution in [0.15, 0.2) is 6.33 Å². The van der Waals surface area contributed by atoms with Crippen LogP contribution in [-0.4, -0.2) is 47.8 Å². The molecule has 13 heteroatoms. The molecule has 3 heterocycles. The maximum absolute atomic E-state index is 9.00. The zero-order valence-corrected chi connectivity index (χ0v) is 15.0. The van der Waals surface area contributed by atoms with Crippen molar-refractivity contribution in [3.8, 4) is 0 Å². The number of aromatic nitrogens is 6.